The van der Waals surface area contributed by atoms with Gasteiger partial charge in [0.15, 0.2) is 0 Å². The van der Waals surface area contributed by atoms with Crippen molar-refractivity contribution in [2.45, 2.75) is 0 Å². The summed E-state index contributed by atoms with van der Waals surface area (Å²) < 4.78 is 8.59. The van der Waals surface area contributed by atoms with E-state index in [-0.39, 0.29) is 0 Å². The number of thiophene rings is 1. The van der Waals surface area contributed by atoms with E-state index in [4.69, 9.17) is 4.42 Å². The Hall–Kier alpha value is -5.68. The monoisotopic (exact) mass is 552 g/mol. The van der Waals surface area contributed by atoms with E-state index in [0.717, 1.165) is 60.0 Å². The second kappa shape index (κ2) is 9.46. The number of hydrogen-bond acceptors (Lipinski definition) is 4. The maximum absolute atomic E-state index is 10.7. The number of para-hydroxylation sites is 1. The van der Waals surface area contributed by atoms with Crippen LogP contribution in [-0.4, -0.2) is 0 Å². The minimum absolute atomic E-state index is 0.593. The molecule has 0 bridgehead atoms. The van der Waals surface area contributed by atoms with Crippen molar-refractivity contribution < 1.29 is 4.42 Å². The van der Waals surface area contributed by atoms with Gasteiger partial charge in [0, 0.05) is 47.6 Å². The highest BCUT2D eigenvalue weighted by Crippen LogP contribution is 2.44. The molecular weight excluding hydrogens is 532 g/mol. The number of rotatable bonds is 3. The first-order chi connectivity index (χ1) is 20.7. The molecule has 194 valence electrons. The molecule has 0 fully saturated rings. The number of nitrogens with zero attached hydrogens (tertiary/aromatic N) is 2. The van der Waals surface area contributed by atoms with Gasteiger partial charge in [-0.25, -0.2) is 0 Å². The first-order valence-electron chi connectivity index (χ1n) is 13.6. The van der Waals surface area contributed by atoms with E-state index in [1.54, 1.807) is 11.3 Å². The van der Waals surface area contributed by atoms with Crippen LogP contribution in [0.5, 0.6) is 0 Å². The predicted octanol–water partition coefficient (Wildman–Crippen LogP) is 10.7. The van der Waals surface area contributed by atoms with Gasteiger partial charge < -0.3 is 4.42 Å². The fourth-order valence-corrected chi connectivity index (χ4v) is 7.22. The fourth-order valence-electron chi connectivity index (χ4n) is 5.99. The standard InChI is InChI=1S/C38H20N2OS/c39-21-23-7-5-8-24(17-23)26-18-32(25-15-16-28-27-9-1-3-13-35(27)41-36(28)20-25)34(22-40)33(19-26)31-12-6-11-30-29-10-2-4-14-37(29)42-38(30)31/h1-20H. The van der Waals surface area contributed by atoms with E-state index in [1.165, 1.54) is 15.5 Å². The highest BCUT2D eigenvalue weighted by Gasteiger charge is 2.19. The third-order valence-electron chi connectivity index (χ3n) is 7.96. The number of furan rings is 1. The molecule has 0 unspecified atom stereocenters. The van der Waals surface area contributed by atoms with Gasteiger partial charge in [-0.3, -0.25) is 0 Å². The molecule has 0 aliphatic rings. The molecule has 0 amide bonds. The second-order valence-corrected chi connectivity index (χ2v) is 11.4. The molecular formula is C38H20N2OS. The minimum atomic E-state index is 0.593. The summed E-state index contributed by atoms with van der Waals surface area (Å²) in [5.74, 6) is 0. The van der Waals surface area contributed by atoms with Gasteiger partial charge in [-0.05, 0) is 65.2 Å². The van der Waals surface area contributed by atoms with E-state index in [9.17, 15) is 10.5 Å². The molecule has 2 aromatic heterocycles. The van der Waals surface area contributed by atoms with Gasteiger partial charge in [-0.15, -0.1) is 11.3 Å². The molecule has 0 atom stereocenters. The molecule has 0 saturated carbocycles. The van der Waals surface area contributed by atoms with Crippen molar-refractivity contribution in [1.29, 1.82) is 10.5 Å². The molecule has 0 aliphatic carbocycles. The zero-order valence-corrected chi connectivity index (χ0v) is 23.1. The van der Waals surface area contributed by atoms with Gasteiger partial charge in [0.25, 0.3) is 0 Å². The summed E-state index contributed by atoms with van der Waals surface area (Å²) in [5.41, 5.74) is 8.31. The molecule has 3 nitrogen and oxygen atoms in total. The minimum Gasteiger partial charge on any atom is -0.456 e. The molecule has 0 N–H and O–H groups in total. The Balaban J connectivity index is 1.44. The lowest BCUT2D eigenvalue weighted by Crippen LogP contribution is -1.93. The summed E-state index contributed by atoms with van der Waals surface area (Å²) in [6.45, 7) is 0. The molecule has 0 aliphatic heterocycles. The van der Waals surface area contributed by atoms with Gasteiger partial charge in [0.2, 0.25) is 0 Å². The van der Waals surface area contributed by atoms with Crippen molar-refractivity contribution in [3.63, 3.8) is 0 Å². The second-order valence-electron chi connectivity index (χ2n) is 10.3. The number of hydrogen-bond donors (Lipinski definition) is 0. The lowest BCUT2D eigenvalue weighted by Gasteiger charge is -2.15. The number of benzene rings is 6. The zero-order valence-electron chi connectivity index (χ0n) is 22.3. The van der Waals surface area contributed by atoms with Gasteiger partial charge in [0.1, 0.15) is 17.2 Å². The Bertz CT molecular complexity index is 2450. The van der Waals surface area contributed by atoms with Gasteiger partial charge in [-0.1, -0.05) is 72.8 Å². The van der Waals surface area contributed by atoms with E-state index >= 15 is 0 Å². The Kier molecular flexibility index (Phi) is 5.44. The van der Waals surface area contributed by atoms with Gasteiger partial charge in [-0.2, -0.15) is 10.5 Å². The third-order valence-corrected chi connectivity index (χ3v) is 9.18. The van der Waals surface area contributed by atoms with Crippen molar-refractivity contribution in [3.8, 4) is 45.5 Å². The zero-order chi connectivity index (χ0) is 28.2. The Morgan fingerprint density at radius 2 is 1.26 bits per heavy atom. The van der Waals surface area contributed by atoms with Crippen molar-refractivity contribution in [2.24, 2.45) is 0 Å². The predicted molar refractivity (Wildman–Crippen MR) is 172 cm³/mol. The Morgan fingerprint density at radius 3 is 2.14 bits per heavy atom. The fraction of sp³-hybridized carbons (Fsp3) is 0. The molecule has 0 radical (unpaired) electrons. The van der Waals surface area contributed by atoms with E-state index in [1.807, 2.05) is 48.5 Å². The maximum atomic E-state index is 10.7. The Morgan fingerprint density at radius 1 is 0.500 bits per heavy atom. The topological polar surface area (TPSA) is 60.7 Å². The molecule has 2 heterocycles. The van der Waals surface area contributed by atoms with Crippen LogP contribution in [0.3, 0.4) is 0 Å². The van der Waals surface area contributed by atoms with Crippen LogP contribution in [0.15, 0.2) is 126 Å². The first kappa shape index (κ1) is 24.1. The van der Waals surface area contributed by atoms with Crippen LogP contribution in [0, 0.1) is 22.7 Å². The molecule has 4 heteroatoms. The summed E-state index contributed by atoms with van der Waals surface area (Å²) in [5, 5.41) is 24.8. The summed E-state index contributed by atoms with van der Waals surface area (Å²) in [6, 6.07) is 45.6. The van der Waals surface area contributed by atoms with E-state index in [0.29, 0.717) is 11.1 Å². The molecule has 6 aromatic carbocycles. The van der Waals surface area contributed by atoms with Crippen LogP contribution in [-0.2, 0) is 0 Å². The van der Waals surface area contributed by atoms with Crippen molar-refractivity contribution in [2.75, 3.05) is 0 Å². The Labute approximate surface area is 245 Å². The first-order valence-corrected chi connectivity index (χ1v) is 14.4. The SMILES string of the molecule is N#Cc1cccc(-c2cc(-c3ccc4c(c3)oc3ccccc34)c(C#N)c(-c3cccc4c3sc3ccccc34)c2)c1. The van der Waals surface area contributed by atoms with Gasteiger partial charge >= 0.3 is 0 Å². The molecule has 0 saturated heterocycles. The summed E-state index contributed by atoms with van der Waals surface area (Å²) in [6.07, 6.45) is 0. The highest BCUT2D eigenvalue weighted by molar-refractivity contribution is 7.26. The number of nitriles is 2. The van der Waals surface area contributed by atoms with Crippen LogP contribution in [0.4, 0.5) is 0 Å². The lowest BCUT2D eigenvalue weighted by molar-refractivity contribution is 0.669. The average molecular weight is 553 g/mol. The maximum Gasteiger partial charge on any atom is 0.136 e. The van der Waals surface area contributed by atoms with Crippen LogP contribution >= 0.6 is 11.3 Å². The smallest absolute Gasteiger partial charge is 0.136 e. The van der Waals surface area contributed by atoms with Crippen molar-refractivity contribution >= 4 is 53.4 Å². The molecule has 8 aromatic rings. The third kappa shape index (κ3) is 3.71. The summed E-state index contributed by atoms with van der Waals surface area (Å²) in [4.78, 5) is 0. The molecule has 0 spiro atoms. The van der Waals surface area contributed by atoms with Crippen LogP contribution in [0.1, 0.15) is 11.1 Å². The normalized spacial score (nSPS) is 11.3. The van der Waals surface area contributed by atoms with Gasteiger partial charge in [0.05, 0.1) is 17.2 Å². The number of fused-ring (bicyclic) bond motifs is 6. The van der Waals surface area contributed by atoms with Crippen LogP contribution < -0.4 is 0 Å². The average Bonchev–Trinajstić information content (AvgIpc) is 3.62. The quantitative estimate of drug-likeness (QED) is 0.219. The summed E-state index contributed by atoms with van der Waals surface area (Å²) in [7, 11) is 0. The molecule has 8 rings (SSSR count). The lowest BCUT2D eigenvalue weighted by atomic mass is 9.87. The van der Waals surface area contributed by atoms with Crippen LogP contribution in [0.2, 0.25) is 0 Å². The molecule has 42 heavy (non-hydrogen) atoms. The summed E-state index contributed by atoms with van der Waals surface area (Å²) >= 11 is 1.75. The largest absolute Gasteiger partial charge is 0.456 e. The van der Waals surface area contributed by atoms with Crippen molar-refractivity contribution in [1.82, 2.24) is 0 Å². The highest BCUT2D eigenvalue weighted by atomic mass is 32.1. The van der Waals surface area contributed by atoms with E-state index in [2.05, 4.69) is 84.9 Å². The van der Waals surface area contributed by atoms with E-state index < -0.39 is 0 Å². The van der Waals surface area contributed by atoms with Crippen molar-refractivity contribution in [3.05, 3.63) is 132 Å². The van der Waals surface area contributed by atoms with Crippen LogP contribution in [0.25, 0.3) is 75.5 Å².